The second kappa shape index (κ2) is 7.70. The third-order valence-corrected chi connectivity index (χ3v) is 5.95. The van der Waals surface area contributed by atoms with Crippen molar-refractivity contribution in [2.24, 2.45) is 0 Å². The maximum absolute atomic E-state index is 12.2. The number of hydrogen-bond donors (Lipinski definition) is 1. The molecule has 0 bridgehead atoms. The fourth-order valence-electron chi connectivity index (χ4n) is 4.08. The molecule has 1 saturated heterocycles. The fourth-order valence-corrected chi connectivity index (χ4v) is 4.20. The Balaban J connectivity index is 1.55. The van der Waals surface area contributed by atoms with Gasteiger partial charge in [-0.3, -0.25) is 9.59 Å². The molecule has 2 aromatic carbocycles. The van der Waals surface area contributed by atoms with Crippen LogP contribution in [0.4, 0.5) is 11.9 Å². The van der Waals surface area contributed by atoms with Gasteiger partial charge in [0.2, 0.25) is 17.8 Å². The van der Waals surface area contributed by atoms with Crippen molar-refractivity contribution in [3.8, 4) is 5.75 Å². The number of methoxy groups -OCH3 is 1. The average Bonchev–Trinajstić information content (AvgIpc) is 3.35. The molecule has 1 N–H and O–H groups in total. The quantitative estimate of drug-likeness (QED) is 0.625. The summed E-state index contributed by atoms with van der Waals surface area (Å²) in [4.78, 5) is 30.0. The number of benzene rings is 2. The third-order valence-electron chi connectivity index (χ3n) is 5.70. The van der Waals surface area contributed by atoms with Crippen LogP contribution in [0.25, 0.3) is 0 Å². The summed E-state index contributed by atoms with van der Waals surface area (Å²) >= 11 is 6.09. The Morgan fingerprint density at radius 2 is 1.65 bits per heavy atom. The van der Waals surface area contributed by atoms with E-state index in [1.54, 1.807) is 11.8 Å². The van der Waals surface area contributed by atoms with Gasteiger partial charge >= 0.3 is 0 Å². The predicted octanol–water partition coefficient (Wildman–Crippen LogP) is 3.74. The van der Waals surface area contributed by atoms with Crippen LogP contribution in [0.3, 0.4) is 0 Å². The number of amides is 2. The number of hydrogen-bond acceptors (Lipinski definition) is 6. The van der Waals surface area contributed by atoms with E-state index in [9.17, 15) is 9.59 Å². The number of rotatable bonds is 4. The van der Waals surface area contributed by atoms with Gasteiger partial charge in [0.05, 0.1) is 19.2 Å². The molecule has 5 rings (SSSR count). The minimum absolute atomic E-state index is 0.0406. The molecule has 0 spiro atoms. The SMILES string of the molecule is COc1ccc([C@@H]2C[C@H](c3ccc(Cl)cc3)n3nc(N4C(=O)CCC4=O)nc3N2)cc1. The molecule has 2 atom stereocenters. The van der Waals surface area contributed by atoms with E-state index in [1.165, 1.54) is 0 Å². The molecule has 9 heteroatoms. The van der Waals surface area contributed by atoms with E-state index >= 15 is 0 Å². The van der Waals surface area contributed by atoms with Crippen LogP contribution in [0, 0.1) is 0 Å². The van der Waals surface area contributed by atoms with Crippen LogP contribution in [0.15, 0.2) is 48.5 Å². The molecule has 0 saturated carbocycles. The maximum Gasteiger partial charge on any atom is 0.260 e. The lowest BCUT2D eigenvalue weighted by Gasteiger charge is -2.31. The Morgan fingerprint density at radius 3 is 2.29 bits per heavy atom. The van der Waals surface area contributed by atoms with Gasteiger partial charge in [-0.1, -0.05) is 35.9 Å². The molecule has 158 valence electrons. The van der Waals surface area contributed by atoms with Crippen LogP contribution in [0.1, 0.15) is 42.5 Å². The van der Waals surface area contributed by atoms with E-state index < -0.39 is 0 Å². The lowest BCUT2D eigenvalue weighted by Crippen LogP contribution is -2.30. The van der Waals surface area contributed by atoms with Gasteiger partial charge in [0, 0.05) is 17.9 Å². The lowest BCUT2D eigenvalue weighted by molar-refractivity contribution is -0.121. The number of carbonyl (C=O) groups excluding carboxylic acids is 2. The molecular weight excluding hydrogens is 418 g/mol. The summed E-state index contributed by atoms with van der Waals surface area (Å²) in [5.41, 5.74) is 2.09. The number of nitrogens with one attached hydrogen (secondary N) is 1. The maximum atomic E-state index is 12.2. The molecule has 1 aromatic heterocycles. The van der Waals surface area contributed by atoms with Crippen molar-refractivity contribution in [1.82, 2.24) is 14.8 Å². The Labute approximate surface area is 183 Å². The van der Waals surface area contributed by atoms with Crippen molar-refractivity contribution >= 4 is 35.3 Å². The Morgan fingerprint density at radius 1 is 1.00 bits per heavy atom. The van der Waals surface area contributed by atoms with Crippen molar-refractivity contribution < 1.29 is 14.3 Å². The largest absolute Gasteiger partial charge is 0.497 e. The van der Waals surface area contributed by atoms with E-state index in [2.05, 4.69) is 15.4 Å². The van der Waals surface area contributed by atoms with Gasteiger partial charge in [0.25, 0.3) is 5.95 Å². The number of fused-ring (bicyclic) bond motifs is 1. The van der Waals surface area contributed by atoms with Crippen LogP contribution in [0.2, 0.25) is 5.02 Å². The van der Waals surface area contributed by atoms with Crippen molar-refractivity contribution in [3.05, 3.63) is 64.7 Å². The Bertz CT molecular complexity index is 1130. The summed E-state index contributed by atoms with van der Waals surface area (Å²) in [7, 11) is 1.63. The number of halogens is 1. The van der Waals surface area contributed by atoms with Crippen LogP contribution in [-0.4, -0.2) is 33.7 Å². The van der Waals surface area contributed by atoms with Gasteiger partial charge in [0.15, 0.2) is 0 Å². The second-order valence-corrected chi connectivity index (χ2v) is 8.01. The van der Waals surface area contributed by atoms with Gasteiger partial charge < -0.3 is 10.1 Å². The van der Waals surface area contributed by atoms with Gasteiger partial charge in [-0.05, 0) is 41.8 Å². The second-order valence-electron chi connectivity index (χ2n) is 7.58. The molecule has 31 heavy (non-hydrogen) atoms. The summed E-state index contributed by atoms with van der Waals surface area (Å²) in [6.07, 6.45) is 1.07. The van der Waals surface area contributed by atoms with E-state index in [1.807, 2.05) is 48.5 Å². The summed E-state index contributed by atoms with van der Waals surface area (Å²) in [5.74, 6) is 0.856. The molecular formula is C22H20ClN5O3. The zero-order chi connectivity index (χ0) is 21.5. The van der Waals surface area contributed by atoms with Gasteiger partial charge in [-0.25, -0.2) is 9.58 Å². The highest BCUT2D eigenvalue weighted by Gasteiger charge is 2.37. The normalized spacial score (nSPS) is 20.5. The summed E-state index contributed by atoms with van der Waals surface area (Å²) < 4.78 is 7.01. The highest BCUT2D eigenvalue weighted by Crippen LogP contribution is 2.39. The van der Waals surface area contributed by atoms with Crippen molar-refractivity contribution in [3.63, 3.8) is 0 Å². The molecule has 0 aliphatic carbocycles. The van der Waals surface area contributed by atoms with Crippen molar-refractivity contribution in [2.45, 2.75) is 31.3 Å². The molecule has 2 aliphatic rings. The summed E-state index contributed by atoms with van der Waals surface area (Å²) in [6, 6.07) is 15.3. The molecule has 1 fully saturated rings. The van der Waals surface area contributed by atoms with Gasteiger partial charge in [-0.2, -0.15) is 4.98 Å². The molecule has 0 unspecified atom stereocenters. The lowest BCUT2D eigenvalue weighted by atomic mass is 9.93. The molecule has 3 aromatic rings. The topological polar surface area (TPSA) is 89.4 Å². The number of aromatic nitrogens is 3. The van der Waals surface area contributed by atoms with Crippen molar-refractivity contribution in [2.75, 3.05) is 17.3 Å². The van der Waals surface area contributed by atoms with E-state index in [0.717, 1.165) is 21.8 Å². The zero-order valence-electron chi connectivity index (χ0n) is 16.8. The first-order chi connectivity index (χ1) is 15.0. The van der Waals surface area contributed by atoms with Crippen LogP contribution in [0.5, 0.6) is 5.75 Å². The zero-order valence-corrected chi connectivity index (χ0v) is 17.5. The Hall–Kier alpha value is -3.39. The van der Waals surface area contributed by atoms with Crippen LogP contribution >= 0.6 is 11.6 Å². The monoisotopic (exact) mass is 437 g/mol. The van der Waals surface area contributed by atoms with Gasteiger partial charge in [0.1, 0.15) is 5.75 Å². The highest BCUT2D eigenvalue weighted by molar-refractivity contribution is 6.30. The van der Waals surface area contributed by atoms with Crippen LogP contribution < -0.4 is 15.0 Å². The molecule has 3 heterocycles. The molecule has 2 aliphatic heterocycles. The van der Waals surface area contributed by atoms with E-state index in [4.69, 9.17) is 16.3 Å². The highest BCUT2D eigenvalue weighted by atomic mass is 35.5. The first-order valence-corrected chi connectivity index (χ1v) is 10.4. The number of ether oxygens (including phenoxy) is 1. The average molecular weight is 438 g/mol. The minimum atomic E-state index is -0.275. The summed E-state index contributed by atoms with van der Waals surface area (Å²) in [5, 5.41) is 8.60. The van der Waals surface area contributed by atoms with Gasteiger partial charge in [-0.15, -0.1) is 5.10 Å². The van der Waals surface area contributed by atoms with Crippen molar-refractivity contribution in [1.29, 1.82) is 0 Å². The first kappa shape index (κ1) is 19.6. The fraction of sp³-hybridized carbons (Fsp3) is 0.273. The molecule has 2 amide bonds. The van der Waals surface area contributed by atoms with Crippen LogP contribution in [-0.2, 0) is 9.59 Å². The number of imide groups is 1. The number of carbonyl (C=O) groups is 2. The Kier molecular flexibility index (Phi) is 4.86. The predicted molar refractivity (Wildman–Crippen MR) is 115 cm³/mol. The first-order valence-electron chi connectivity index (χ1n) is 10.0. The van der Waals surface area contributed by atoms with E-state index in [-0.39, 0.29) is 42.7 Å². The third kappa shape index (κ3) is 3.53. The molecule has 8 nitrogen and oxygen atoms in total. The number of anilines is 2. The number of nitrogens with zero attached hydrogens (tertiary/aromatic N) is 4. The standard InChI is InChI=1S/C22H20ClN5O3/c1-31-16-8-4-13(5-9-16)17-12-18(14-2-6-15(23)7-3-14)28-21(24-17)25-22(26-28)27-19(29)10-11-20(27)30/h2-9,17-18H,10-12H2,1H3,(H,24,25,26)/t17-,18+/m0/s1. The summed E-state index contributed by atoms with van der Waals surface area (Å²) in [6.45, 7) is 0. The van der Waals surface area contributed by atoms with E-state index in [0.29, 0.717) is 17.4 Å². The molecule has 0 radical (unpaired) electrons. The smallest absolute Gasteiger partial charge is 0.260 e. The minimum Gasteiger partial charge on any atom is -0.497 e.